The Morgan fingerprint density at radius 2 is 2.07 bits per heavy atom. The van der Waals surface area contributed by atoms with Crippen LogP contribution in [0.15, 0.2) is 21.7 Å². The Balaban J connectivity index is 2.69. The number of rotatable bonds is 8. The molecule has 1 heterocycles. The Kier molecular flexibility index (Phi) is 7.06. The van der Waals surface area contributed by atoms with E-state index in [0.29, 0.717) is 6.42 Å². The first-order valence-electron chi connectivity index (χ1n) is 9.01. The molecule has 0 aliphatic rings. The Morgan fingerprint density at radius 3 is 2.63 bits per heavy atom. The number of nitrogens with two attached hydrogens (primary N) is 1. The van der Waals surface area contributed by atoms with Crippen molar-refractivity contribution in [2.24, 2.45) is 0 Å². The zero-order chi connectivity index (χ0) is 22.6. The summed E-state index contributed by atoms with van der Waals surface area (Å²) in [4.78, 5) is 51.1. The van der Waals surface area contributed by atoms with E-state index in [1.165, 1.54) is 14.0 Å². The van der Waals surface area contributed by atoms with E-state index in [2.05, 4.69) is 4.98 Å². The molecular formula is C18H22FN5O6. The van der Waals surface area contributed by atoms with Crippen LogP contribution in [0, 0.1) is 22.9 Å². The summed E-state index contributed by atoms with van der Waals surface area (Å²) in [5, 5.41) is 11.2. The minimum atomic E-state index is -0.947. The number of hydrogen-bond acceptors (Lipinski definition) is 7. The van der Waals surface area contributed by atoms with Crippen molar-refractivity contribution >= 4 is 23.1 Å². The van der Waals surface area contributed by atoms with Crippen LogP contribution < -0.4 is 21.9 Å². The Bertz CT molecular complexity index is 1090. The third kappa shape index (κ3) is 4.38. The predicted molar refractivity (Wildman–Crippen MR) is 107 cm³/mol. The third-order valence-corrected chi connectivity index (χ3v) is 4.46. The van der Waals surface area contributed by atoms with Crippen LogP contribution in [0.3, 0.4) is 0 Å². The van der Waals surface area contributed by atoms with E-state index < -0.39 is 33.6 Å². The van der Waals surface area contributed by atoms with Crippen LogP contribution in [0.1, 0.15) is 29.3 Å². The molecule has 0 spiro atoms. The summed E-state index contributed by atoms with van der Waals surface area (Å²) in [7, 11) is 1.37. The molecule has 0 aliphatic carbocycles. The quantitative estimate of drug-likeness (QED) is 0.477. The number of hydrogen-bond donors (Lipinski definition) is 2. The van der Waals surface area contributed by atoms with Gasteiger partial charge in [-0.15, -0.1) is 0 Å². The maximum Gasteiger partial charge on any atom is 0.330 e. The average Bonchev–Trinajstić information content (AvgIpc) is 2.68. The largest absolute Gasteiger partial charge is 0.383 e. The number of aromatic amines is 1. The lowest BCUT2D eigenvalue weighted by molar-refractivity contribution is -0.385. The predicted octanol–water partition coefficient (Wildman–Crippen LogP) is 1.18. The highest BCUT2D eigenvalue weighted by atomic mass is 19.1. The number of halogens is 1. The standard InChI is InChI=1S/C18H22FN5O6/c1-4-5-23-15(20)14(16(25)21-18(23)27)22(6-7-30-3)17(26)11-8-12(19)10(2)13(9-11)24(28)29/h8-9H,4-7,20H2,1-3H3,(H,21,25,27). The fourth-order valence-corrected chi connectivity index (χ4v) is 2.91. The Labute approximate surface area is 170 Å². The van der Waals surface area contributed by atoms with Gasteiger partial charge in [-0.3, -0.25) is 34.2 Å². The number of nitrogen functional groups attached to an aromatic ring is 1. The maximum absolute atomic E-state index is 14.2. The van der Waals surface area contributed by atoms with Gasteiger partial charge in [0.05, 0.1) is 17.1 Å². The number of nitrogens with one attached hydrogen (secondary N) is 1. The van der Waals surface area contributed by atoms with Gasteiger partial charge in [-0.2, -0.15) is 0 Å². The van der Waals surface area contributed by atoms with Crippen LogP contribution in [0.2, 0.25) is 0 Å². The number of nitro groups is 1. The first kappa shape index (κ1) is 22.7. The molecule has 0 radical (unpaired) electrons. The Hall–Kier alpha value is -3.54. The summed E-state index contributed by atoms with van der Waals surface area (Å²) in [6, 6.07) is 1.77. The Morgan fingerprint density at radius 1 is 1.40 bits per heavy atom. The molecule has 1 aromatic carbocycles. The molecule has 0 aliphatic heterocycles. The normalized spacial score (nSPS) is 10.8. The van der Waals surface area contributed by atoms with Gasteiger partial charge >= 0.3 is 5.69 Å². The van der Waals surface area contributed by atoms with E-state index in [1.807, 2.05) is 0 Å². The lowest BCUT2D eigenvalue weighted by atomic mass is 10.1. The van der Waals surface area contributed by atoms with Crippen molar-refractivity contribution in [1.29, 1.82) is 0 Å². The van der Waals surface area contributed by atoms with Crippen molar-refractivity contribution in [3.05, 3.63) is 60.0 Å². The van der Waals surface area contributed by atoms with Gasteiger partial charge in [0, 0.05) is 31.8 Å². The molecule has 0 saturated carbocycles. The molecule has 30 heavy (non-hydrogen) atoms. The molecule has 0 unspecified atom stereocenters. The van der Waals surface area contributed by atoms with Crippen LogP contribution in [-0.4, -0.2) is 40.6 Å². The van der Waals surface area contributed by atoms with Crippen LogP contribution >= 0.6 is 0 Å². The van der Waals surface area contributed by atoms with E-state index in [1.54, 1.807) is 6.92 Å². The number of amides is 1. The topological polar surface area (TPSA) is 154 Å². The highest BCUT2D eigenvalue weighted by Gasteiger charge is 2.28. The van der Waals surface area contributed by atoms with E-state index in [0.717, 1.165) is 21.6 Å². The summed E-state index contributed by atoms with van der Waals surface area (Å²) in [5.74, 6) is -2.11. The van der Waals surface area contributed by atoms with Crippen molar-refractivity contribution in [3.8, 4) is 0 Å². The van der Waals surface area contributed by atoms with Crippen LogP contribution in [0.4, 0.5) is 21.6 Å². The van der Waals surface area contributed by atoms with E-state index in [4.69, 9.17) is 10.5 Å². The number of ether oxygens (including phenoxy) is 1. The van der Waals surface area contributed by atoms with Gasteiger partial charge in [-0.1, -0.05) is 6.92 Å². The van der Waals surface area contributed by atoms with Crippen molar-refractivity contribution < 1.29 is 18.8 Å². The number of carbonyl (C=O) groups excluding carboxylic acids is 1. The number of methoxy groups -OCH3 is 1. The van der Waals surface area contributed by atoms with E-state index >= 15 is 0 Å². The number of H-pyrrole nitrogens is 1. The van der Waals surface area contributed by atoms with Crippen molar-refractivity contribution in [1.82, 2.24) is 9.55 Å². The minimum absolute atomic E-state index is 0.0199. The number of anilines is 2. The molecular weight excluding hydrogens is 401 g/mol. The molecule has 0 fully saturated rings. The number of nitrogens with zero attached hydrogens (tertiary/aromatic N) is 3. The zero-order valence-electron chi connectivity index (χ0n) is 16.7. The fourth-order valence-electron chi connectivity index (χ4n) is 2.91. The third-order valence-electron chi connectivity index (χ3n) is 4.46. The van der Waals surface area contributed by atoms with Crippen molar-refractivity contribution in [3.63, 3.8) is 0 Å². The number of aromatic nitrogens is 2. The van der Waals surface area contributed by atoms with Crippen molar-refractivity contribution in [2.45, 2.75) is 26.8 Å². The first-order valence-corrected chi connectivity index (χ1v) is 9.01. The zero-order valence-corrected chi connectivity index (χ0v) is 16.7. The van der Waals surface area contributed by atoms with Gasteiger partial charge in [0.15, 0.2) is 5.69 Å². The summed E-state index contributed by atoms with van der Waals surface area (Å²) in [6.07, 6.45) is 0.525. The monoisotopic (exact) mass is 423 g/mol. The molecule has 12 heteroatoms. The minimum Gasteiger partial charge on any atom is -0.383 e. The number of nitro benzene ring substituents is 1. The SMILES string of the molecule is CCCn1c(N)c(N(CCOC)C(=O)c2cc(F)c(C)c([N+](=O)[O-])c2)c(=O)[nH]c1=O. The smallest absolute Gasteiger partial charge is 0.330 e. The van der Waals surface area contributed by atoms with Gasteiger partial charge in [-0.05, 0) is 19.4 Å². The summed E-state index contributed by atoms with van der Waals surface area (Å²) in [5.41, 5.74) is 2.87. The fraction of sp³-hybridized carbons (Fsp3) is 0.389. The summed E-state index contributed by atoms with van der Waals surface area (Å²) >= 11 is 0. The molecule has 0 bridgehead atoms. The molecule has 162 valence electrons. The van der Waals surface area contributed by atoms with Crippen LogP contribution in [0.5, 0.6) is 0 Å². The first-order chi connectivity index (χ1) is 14.1. The van der Waals surface area contributed by atoms with Crippen LogP contribution in [0.25, 0.3) is 0 Å². The average molecular weight is 423 g/mol. The number of carbonyl (C=O) groups is 1. The van der Waals surface area contributed by atoms with Gasteiger partial charge in [0.2, 0.25) is 0 Å². The second-order valence-corrected chi connectivity index (χ2v) is 6.45. The molecule has 2 aromatic rings. The van der Waals surface area contributed by atoms with Gasteiger partial charge < -0.3 is 10.5 Å². The lowest BCUT2D eigenvalue weighted by Gasteiger charge is -2.24. The summed E-state index contributed by atoms with van der Waals surface area (Å²) in [6.45, 7) is 3.00. The lowest BCUT2D eigenvalue weighted by Crippen LogP contribution is -2.42. The molecule has 11 nitrogen and oxygen atoms in total. The number of benzene rings is 1. The molecule has 2 rings (SSSR count). The van der Waals surface area contributed by atoms with Gasteiger partial charge in [0.25, 0.3) is 17.2 Å². The second-order valence-electron chi connectivity index (χ2n) is 6.45. The summed E-state index contributed by atoms with van der Waals surface area (Å²) < 4.78 is 20.3. The van der Waals surface area contributed by atoms with Gasteiger partial charge in [0.1, 0.15) is 11.6 Å². The van der Waals surface area contributed by atoms with Gasteiger partial charge in [-0.25, -0.2) is 9.18 Å². The van der Waals surface area contributed by atoms with Crippen molar-refractivity contribution in [2.75, 3.05) is 30.9 Å². The highest BCUT2D eigenvalue weighted by Crippen LogP contribution is 2.26. The van der Waals surface area contributed by atoms with Crippen LogP contribution in [-0.2, 0) is 11.3 Å². The molecule has 0 atom stereocenters. The molecule has 3 N–H and O–H groups in total. The maximum atomic E-state index is 14.2. The van der Waals surface area contributed by atoms with E-state index in [-0.39, 0.29) is 42.3 Å². The highest BCUT2D eigenvalue weighted by molar-refractivity contribution is 6.07. The molecule has 0 saturated heterocycles. The second kappa shape index (κ2) is 9.31. The molecule has 1 aromatic heterocycles. The van der Waals surface area contributed by atoms with E-state index in [9.17, 15) is 28.9 Å². The molecule has 1 amide bonds.